The van der Waals surface area contributed by atoms with Crippen LogP contribution in [0.5, 0.6) is 0 Å². The van der Waals surface area contributed by atoms with E-state index in [0.717, 1.165) is 18.5 Å². The van der Waals surface area contributed by atoms with Gasteiger partial charge in [-0.05, 0) is 101 Å². The molecule has 0 fully saturated rings. The molecule has 52 heavy (non-hydrogen) atoms. The minimum absolute atomic E-state index is 1.09. The van der Waals surface area contributed by atoms with Crippen molar-refractivity contribution in [1.29, 1.82) is 0 Å². The normalized spacial score (nSPS) is 12.7. The molecular weight excluding hydrogens is 629 g/mol. The first kappa shape index (κ1) is 31.6. The van der Waals surface area contributed by atoms with Gasteiger partial charge in [0.1, 0.15) is 0 Å². The molecule has 1 aliphatic rings. The Labute approximate surface area is 305 Å². The molecule has 0 radical (unpaired) electrons. The minimum Gasteiger partial charge on any atom is -0.309 e. The first-order valence-electron chi connectivity index (χ1n) is 18.5. The van der Waals surface area contributed by atoms with E-state index in [2.05, 4.69) is 191 Å². The van der Waals surface area contributed by atoms with Gasteiger partial charge in [-0.15, -0.1) is 0 Å². The molecule has 0 saturated heterocycles. The van der Waals surface area contributed by atoms with Crippen LogP contribution in [-0.4, -0.2) is 9.13 Å². The fourth-order valence-corrected chi connectivity index (χ4v) is 8.04. The van der Waals surface area contributed by atoms with E-state index in [1.165, 1.54) is 82.7 Å². The van der Waals surface area contributed by atoms with E-state index < -0.39 is 0 Å². The summed E-state index contributed by atoms with van der Waals surface area (Å²) in [6.07, 6.45) is 9.12. The van der Waals surface area contributed by atoms with Crippen LogP contribution in [0, 0.1) is 0 Å². The summed E-state index contributed by atoms with van der Waals surface area (Å²) in [5.41, 5.74) is 14.7. The van der Waals surface area contributed by atoms with E-state index in [0.29, 0.717) is 0 Å². The van der Waals surface area contributed by atoms with Gasteiger partial charge in [-0.3, -0.25) is 0 Å². The molecule has 0 saturated carbocycles. The van der Waals surface area contributed by atoms with E-state index in [9.17, 15) is 0 Å². The van der Waals surface area contributed by atoms with Gasteiger partial charge >= 0.3 is 0 Å². The lowest BCUT2D eigenvalue weighted by Gasteiger charge is -2.12. The van der Waals surface area contributed by atoms with Crippen LogP contribution in [0.4, 0.5) is 0 Å². The molecule has 2 aromatic heterocycles. The summed E-state index contributed by atoms with van der Waals surface area (Å²) in [4.78, 5) is 0. The zero-order valence-corrected chi connectivity index (χ0v) is 29.6. The Morgan fingerprint density at radius 1 is 0.385 bits per heavy atom. The molecule has 7 aromatic carbocycles. The highest BCUT2D eigenvalue weighted by Crippen LogP contribution is 2.42. The highest BCUT2D eigenvalue weighted by atomic mass is 15.0. The summed E-state index contributed by atoms with van der Waals surface area (Å²) in [6, 6.07) is 59.9. The molecule has 10 rings (SSSR count). The molecule has 0 amide bonds. The molecular formula is C50H40N2. The summed E-state index contributed by atoms with van der Waals surface area (Å²) < 4.78 is 4.88. The minimum atomic E-state index is 1.09. The van der Waals surface area contributed by atoms with Gasteiger partial charge in [0.2, 0.25) is 0 Å². The average Bonchev–Trinajstić information content (AvgIpc) is 3.75. The summed E-state index contributed by atoms with van der Waals surface area (Å²) in [5.74, 6) is 0. The fraction of sp³-hybridized carbons (Fsp3) is 0.0800. The van der Waals surface area contributed by atoms with Gasteiger partial charge in [-0.2, -0.15) is 0 Å². The largest absolute Gasteiger partial charge is 0.309 e. The number of hydrogen-bond donors (Lipinski definition) is 0. The Hall–Kier alpha value is -6.38. The van der Waals surface area contributed by atoms with Crippen LogP contribution in [-0.2, 0) is 0 Å². The van der Waals surface area contributed by atoms with Crippen LogP contribution in [0.15, 0.2) is 182 Å². The maximum Gasteiger partial charge on any atom is 0.0548 e. The van der Waals surface area contributed by atoms with E-state index in [1.807, 2.05) is 13.8 Å². The maximum atomic E-state index is 2.45. The highest BCUT2D eigenvalue weighted by Gasteiger charge is 2.20. The number of hydrogen-bond acceptors (Lipinski definition) is 0. The number of benzene rings is 7. The quantitative estimate of drug-likeness (QED) is 0.173. The Morgan fingerprint density at radius 3 is 1.56 bits per heavy atom. The third-order valence-electron chi connectivity index (χ3n) is 10.3. The molecule has 0 N–H and O–H groups in total. The topological polar surface area (TPSA) is 9.86 Å². The molecule has 9 aromatic rings. The van der Waals surface area contributed by atoms with Crippen molar-refractivity contribution in [3.63, 3.8) is 0 Å². The third kappa shape index (κ3) is 5.27. The van der Waals surface area contributed by atoms with E-state index >= 15 is 0 Å². The summed E-state index contributed by atoms with van der Waals surface area (Å²) in [6.45, 7) is 4.00. The molecule has 1 aliphatic carbocycles. The zero-order valence-electron chi connectivity index (χ0n) is 29.6. The Bertz CT molecular complexity index is 2790. The molecule has 0 unspecified atom stereocenters. The lowest BCUT2D eigenvalue weighted by Crippen LogP contribution is -1.96. The molecule has 0 atom stereocenters. The van der Waals surface area contributed by atoms with Gasteiger partial charge in [0.05, 0.1) is 22.1 Å². The van der Waals surface area contributed by atoms with Crippen LogP contribution in [0.3, 0.4) is 0 Å². The second-order valence-corrected chi connectivity index (χ2v) is 13.2. The Morgan fingerprint density at radius 2 is 0.923 bits per heavy atom. The first-order valence-corrected chi connectivity index (χ1v) is 18.5. The van der Waals surface area contributed by atoms with Gasteiger partial charge in [-0.1, -0.05) is 141 Å². The van der Waals surface area contributed by atoms with Crippen LogP contribution in [0.2, 0.25) is 0 Å². The van der Waals surface area contributed by atoms with Gasteiger partial charge in [-0.25, -0.2) is 0 Å². The lowest BCUT2D eigenvalue weighted by atomic mass is 9.99. The SMILES string of the molecule is C1=CC(c2cccc(-n3c4ccccc4c4c5c6ccccc6n(-c6ccc(-c7cccc(-c8ccccc8)c7)cc6)c5ccc43)c2)=CCC1.CC. The molecule has 2 heteroatoms. The van der Waals surface area contributed by atoms with Gasteiger partial charge in [0, 0.05) is 32.9 Å². The van der Waals surface area contributed by atoms with Crippen LogP contribution >= 0.6 is 0 Å². The third-order valence-corrected chi connectivity index (χ3v) is 10.3. The number of nitrogens with zero attached hydrogens (tertiary/aromatic N) is 2. The summed E-state index contributed by atoms with van der Waals surface area (Å²) >= 11 is 0. The molecule has 0 bridgehead atoms. The average molecular weight is 669 g/mol. The predicted octanol–water partition coefficient (Wildman–Crippen LogP) is 14.0. The van der Waals surface area contributed by atoms with Gasteiger partial charge in [0.25, 0.3) is 0 Å². The summed E-state index contributed by atoms with van der Waals surface area (Å²) in [5, 5.41) is 5.13. The van der Waals surface area contributed by atoms with Crippen LogP contribution < -0.4 is 0 Å². The second-order valence-electron chi connectivity index (χ2n) is 13.2. The van der Waals surface area contributed by atoms with Gasteiger partial charge in [0.15, 0.2) is 0 Å². The number of fused-ring (bicyclic) bond motifs is 7. The van der Waals surface area contributed by atoms with Crippen molar-refractivity contribution in [3.8, 4) is 33.6 Å². The molecule has 2 nitrogen and oxygen atoms in total. The zero-order chi connectivity index (χ0) is 35.0. The van der Waals surface area contributed by atoms with Crippen molar-refractivity contribution in [2.45, 2.75) is 26.7 Å². The van der Waals surface area contributed by atoms with Crippen LogP contribution in [0.1, 0.15) is 32.3 Å². The van der Waals surface area contributed by atoms with Crippen molar-refractivity contribution >= 4 is 49.2 Å². The Balaban J connectivity index is 0.00000177. The van der Waals surface area contributed by atoms with E-state index in [1.54, 1.807) is 0 Å². The van der Waals surface area contributed by atoms with Gasteiger partial charge < -0.3 is 9.13 Å². The number of allylic oxidation sites excluding steroid dienone is 4. The standard InChI is InChI=1S/C48H34N2.C2H6/c1-3-13-33(14-4-1)36-17-11-18-37(31-36)35-25-27-39(28-26-35)49-43-23-9-7-21-41(43)47-45(49)29-30-46-48(47)42-22-8-10-24-44(42)50(46)40-20-12-19-38(32-40)34-15-5-2-6-16-34;1-2/h1,3-5,7-32H,2,6H2;1-2H3. The first-order chi connectivity index (χ1) is 25.8. The van der Waals surface area contributed by atoms with Crippen LogP contribution in [0.25, 0.3) is 82.8 Å². The van der Waals surface area contributed by atoms with E-state index in [-0.39, 0.29) is 0 Å². The van der Waals surface area contributed by atoms with Crippen molar-refractivity contribution in [2.75, 3.05) is 0 Å². The maximum absolute atomic E-state index is 2.45. The van der Waals surface area contributed by atoms with E-state index in [4.69, 9.17) is 0 Å². The Kier molecular flexibility index (Phi) is 8.14. The number of para-hydroxylation sites is 2. The van der Waals surface area contributed by atoms with Crippen molar-refractivity contribution in [1.82, 2.24) is 9.13 Å². The van der Waals surface area contributed by atoms with Crippen molar-refractivity contribution in [2.24, 2.45) is 0 Å². The highest BCUT2D eigenvalue weighted by molar-refractivity contribution is 6.28. The predicted molar refractivity (Wildman–Crippen MR) is 224 cm³/mol. The number of rotatable bonds is 5. The van der Waals surface area contributed by atoms with Crippen molar-refractivity contribution < 1.29 is 0 Å². The fourth-order valence-electron chi connectivity index (χ4n) is 8.04. The molecule has 0 aliphatic heterocycles. The lowest BCUT2D eigenvalue weighted by molar-refractivity contribution is 1.04. The monoisotopic (exact) mass is 668 g/mol. The number of aromatic nitrogens is 2. The molecule has 250 valence electrons. The molecule has 2 heterocycles. The van der Waals surface area contributed by atoms with Crippen molar-refractivity contribution in [3.05, 3.63) is 188 Å². The second kappa shape index (κ2) is 13.4. The molecule has 0 spiro atoms. The smallest absolute Gasteiger partial charge is 0.0548 e. The summed E-state index contributed by atoms with van der Waals surface area (Å²) in [7, 11) is 0.